The number of methoxy groups -OCH3 is 1. The standard InChI is InChI=1S/C15H10Cl4O2/c1-7-3-4-8(5-11(7)21-2)15(20)12-9(16)6-10(17)13(18)14(12)19/h3-6H,1-2H3. The molecule has 0 N–H and O–H groups in total. The predicted octanol–water partition coefficient (Wildman–Crippen LogP) is 5.85. The molecule has 2 nitrogen and oxygen atoms in total. The number of carbonyl (C=O) groups excluding carboxylic acids is 1. The number of ether oxygens (including phenoxy) is 1. The Morgan fingerprint density at radius 3 is 2.29 bits per heavy atom. The van der Waals surface area contributed by atoms with Crippen LogP contribution in [0.3, 0.4) is 0 Å². The monoisotopic (exact) mass is 362 g/mol. The number of aryl methyl sites for hydroxylation is 1. The van der Waals surface area contributed by atoms with Gasteiger partial charge in [0.25, 0.3) is 0 Å². The van der Waals surface area contributed by atoms with Crippen molar-refractivity contribution in [1.82, 2.24) is 0 Å². The molecule has 0 bridgehead atoms. The van der Waals surface area contributed by atoms with Crippen molar-refractivity contribution in [3.63, 3.8) is 0 Å². The fourth-order valence-corrected chi connectivity index (χ4v) is 2.96. The summed E-state index contributed by atoms with van der Waals surface area (Å²) in [6.45, 7) is 1.88. The van der Waals surface area contributed by atoms with Crippen LogP contribution in [0.5, 0.6) is 5.75 Å². The molecule has 110 valence electrons. The van der Waals surface area contributed by atoms with Crippen molar-refractivity contribution >= 4 is 52.2 Å². The summed E-state index contributed by atoms with van der Waals surface area (Å²) in [6.07, 6.45) is 0. The first-order chi connectivity index (χ1) is 9.86. The number of halogens is 4. The molecule has 0 spiro atoms. The van der Waals surface area contributed by atoms with Crippen LogP contribution in [-0.4, -0.2) is 12.9 Å². The van der Waals surface area contributed by atoms with Crippen molar-refractivity contribution in [3.05, 3.63) is 61.0 Å². The molecule has 21 heavy (non-hydrogen) atoms. The third-order valence-corrected chi connectivity index (χ3v) is 4.57. The van der Waals surface area contributed by atoms with Crippen LogP contribution in [0.1, 0.15) is 21.5 Å². The molecule has 2 aromatic carbocycles. The highest BCUT2D eigenvalue weighted by Crippen LogP contribution is 2.38. The lowest BCUT2D eigenvalue weighted by molar-refractivity contribution is 0.103. The van der Waals surface area contributed by atoms with Crippen LogP contribution in [0.15, 0.2) is 24.3 Å². The summed E-state index contributed by atoms with van der Waals surface area (Å²) in [5.41, 5.74) is 1.44. The average Bonchev–Trinajstić information content (AvgIpc) is 2.45. The van der Waals surface area contributed by atoms with Crippen LogP contribution >= 0.6 is 46.4 Å². The maximum absolute atomic E-state index is 12.6. The lowest BCUT2D eigenvalue weighted by atomic mass is 10.0. The molecule has 2 rings (SSSR count). The Kier molecular flexibility index (Phi) is 5.05. The number of carbonyl (C=O) groups is 1. The number of hydrogen-bond acceptors (Lipinski definition) is 2. The normalized spacial score (nSPS) is 10.6. The predicted molar refractivity (Wildman–Crippen MR) is 87.6 cm³/mol. The summed E-state index contributed by atoms with van der Waals surface area (Å²) in [5, 5.41) is 0.493. The van der Waals surface area contributed by atoms with Gasteiger partial charge in [0.15, 0.2) is 5.78 Å². The SMILES string of the molecule is COc1cc(C(=O)c2c(Cl)cc(Cl)c(Cl)c2Cl)ccc1C. The van der Waals surface area contributed by atoms with Gasteiger partial charge in [-0.3, -0.25) is 4.79 Å². The quantitative estimate of drug-likeness (QED) is 0.388. The molecular formula is C15H10Cl4O2. The van der Waals surface area contributed by atoms with E-state index in [1.807, 2.05) is 6.92 Å². The third-order valence-electron chi connectivity index (χ3n) is 3.01. The van der Waals surface area contributed by atoms with Gasteiger partial charge in [-0.25, -0.2) is 0 Å². The summed E-state index contributed by atoms with van der Waals surface area (Å²) in [4.78, 5) is 12.6. The molecule has 0 aliphatic heterocycles. The van der Waals surface area contributed by atoms with E-state index in [1.165, 1.54) is 13.2 Å². The summed E-state index contributed by atoms with van der Waals surface area (Å²) in [6, 6.07) is 6.49. The van der Waals surface area contributed by atoms with Crippen LogP contribution in [0.25, 0.3) is 0 Å². The summed E-state index contributed by atoms with van der Waals surface area (Å²) in [7, 11) is 1.54. The molecule has 0 fully saturated rings. The zero-order valence-corrected chi connectivity index (χ0v) is 14.2. The van der Waals surface area contributed by atoms with E-state index in [9.17, 15) is 4.79 Å². The van der Waals surface area contributed by atoms with Gasteiger partial charge in [0.1, 0.15) is 5.75 Å². The van der Waals surface area contributed by atoms with Gasteiger partial charge in [-0.2, -0.15) is 0 Å². The fraction of sp³-hybridized carbons (Fsp3) is 0.133. The van der Waals surface area contributed by atoms with Gasteiger partial charge in [0.05, 0.1) is 32.8 Å². The smallest absolute Gasteiger partial charge is 0.196 e. The van der Waals surface area contributed by atoms with Gasteiger partial charge in [0.2, 0.25) is 0 Å². The Balaban J connectivity index is 2.58. The van der Waals surface area contributed by atoms with Gasteiger partial charge in [0, 0.05) is 5.56 Å². The molecule has 0 unspecified atom stereocenters. The summed E-state index contributed by atoms with van der Waals surface area (Å²) >= 11 is 24.0. The van der Waals surface area contributed by atoms with Gasteiger partial charge in [-0.1, -0.05) is 58.5 Å². The minimum Gasteiger partial charge on any atom is -0.496 e. The molecule has 0 aliphatic carbocycles. The minimum absolute atomic E-state index is 0.0405. The molecule has 0 radical (unpaired) electrons. The lowest BCUT2D eigenvalue weighted by Gasteiger charge is -2.11. The molecule has 0 saturated carbocycles. The minimum atomic E-state index is -0.345. The van der Waals surface area contributed by atoms with Crippen LogP contribution in [0.4, 0.5) is 0 Å². The van der Waals surface area contributed by atoms with Crippen LogP contribution in [0.2, 0.25) is 20.1 Å². The van der Waals surface area contributed by atoms with E-state index >= 15 is 0 Å². The van der Waals surface area contributed by atoms with E-state index in [4.69, 9.17) is 51.1 Å². The molecule has 0 atom stereocenters. The van der Waals surface area contributed by atoms with E-state index in [1.54, 1.807) is 18.2 Å². The first-order valence-electron chi connectivity index (χ1n) is 5.89. The van der Waals surface area contributed by atoms with Crippen molar-refractivity contribution in [1.29, 1.82) is 0 Å². The average molecular weight is 364 g/mol. The number of ketones is 1. The topological polar surface area (TPSA) is 26.3 Å². The highest BCUT2D eigenvalue weighted by molar-refractivity contribution is 6.51. The second-order valence-corrected chi connectivity index (χ2v) is 5.93. The summed E-state index contributed by atoms with van der Waals surface area (Å²) in [5.74, 6) is 0.259. The number of hydrogen-bond donors (Lipinski definition) is 0. The van der Waals surface area contributed by atoms with Gasteiger partial charge in [-0.05, 0) is 24.6 Å². The Morgan fingerprint density at radius 2 is 1.67 bits per heavy atom. The zero-order valence-electron chi connectivity index (χ0n) is 11.1. The molecule has 0 aliphatic rings. The zero-order chi connectivity index (χ0) is 15.7. The molecule has 6 heteroatoms. The van der Waals surface area contributed by atoms with Gasteiger partial charge < -0.3 is 4.74 Å². The van der Waals surface area contributed by atoms with E-state index in [0.717, 1.165) is 5.56 Å². The van der Waals surface area contributed by atoms with Crippen molar-refractivity contribution in [3.8, 4) is 5.75 Å². The van der Waals surface area contributed by atoms with Crippen molar-refractivity contribution in [2.45, 2.75) is 6.92 Å². The van der Waals surface area contributed by atoms with E-state index in [2.05, 4.69) is 0 Å². The van der Waals surface area contributed by atoms with Gasteiger partial charge in [-0.15, -0.1) is 0 Å². The number of benzene rings is 2. The third kappa shape index (κ3) is 3.14. The van der Waals surface area contributed by atoms with Crippen molar-refractivity contribution in [2.24, 2.45) is 0 Å². The highest BCUT2D eigenvalue weighted by atomic mass is 35.5. The number of rotatable bonds is 3. The Bertz CT molecular complexity index is 726. The van der Waals surface area contributed by atoms with Gasteiger partial charge >= 0.3 is 0 Å². The second kappa shape index (κ2) is 6.45. The van der Waals surface area contributed by atoms with Crippen molar-refractivity contribution < 1.29 is 9.53 Å². The van der Waals surface area contributed by atoms with E-state index in [0.29, 0.717) is 11.3 Å². The molecule has 0 aromatic heterocycles. The second-order valence-electron chi connectivity index (χ2n) is 4.36. The fourth-order valence-electron chi connectivity index (χ4n) is 1.88. The first-order valence-corrected chi connectivity index (χ1v) is 7.40. The Labute approximate surface area is 142 Å². The van der Waals surface area contributed by atoms with Crippen LogP contribution < -0.4 is 4.74 Å². The first kappa shape index (κ1) is 16.4. The molecule has 0 heterocycles. The van der Waals surface area contributed by atoms with Crippen LogP contribution in [0, 0.1) is 6.92 Å². The Hall–Kier alpha value is -0.930. The van der Waals surface area contributed by atoms with E-state index in [-0.39, 0.29) is 31.4 Å². The summed E-state index contributed by atoms with van der Waals surface area (Å²) < 4.78 is 5.21. The molecular weight excluding hydrogens is 354 g/mol. The van der Waals surface area contributed by atoms with Crippen LogP contribution in [-0.2, 0) is 0 Å². The maximum atomic E-state index is 12.6. The maximum Gasteiger partial charge on any atom is 0.196 e. The van der Waals surface area contributed by atoms with E-state index < -0.39 is 0 Å². The van der Waals surface area contributed by atoms with Crippen molar-refractivity contribution in [2.75, 3.05) is 7.11 Å². The molecule has 2 aromatic rings. The highest BCUT2D eigenvalue weighted by Gasteiger charge is 2.21. The lowest BCUT2D eigenvalue weighted by Crippen LogP contribution is -2.05. The largest absolute Gasteiger partial charge is 0.496 e. The Morgan fingerprint density at radius 1 is 1.00 bits per heavy atom. The molecule has 0 saturated heterocycles. The molecule has 0 amide bonds.